The van der Waals surface area contributed by atoms with E-state index in [2.05, 4.69) is 41.2 Å². The highest BCUT2D eigenvalue weighted by Gasteiger charge is 2.28. The summed E-state index contributed by atoms with van der Waals surface area (Å²) in [5.41, 5.74) is 2.27. The topological polar surface area (TPSA) is 37.4 Å². The quantitative estimate of drug-likeness (QED) is 0.878. The number of aromatic nitrogens is 1. The Labute approximate surface area is 116 Å². The van der Waals surface area contributed by atoms with Crippen LogP contribution < -0.4 is 5.32 Å². The van der Waals surface area contributed by atoms with Gasteiger partial charge in [-0.2, -0.15) is 0 Å². The number of nitrogens with one attached hydrogen (secondary N) is 1. The van der Waals surface area contributed by atoms with Crippen molar-refractivity contribution in [3.05, 3.63) is 29.6 Å². The summed E-state index contributed by atoms with van der Waals surface area (Å²) in [4.78, 5) is 6.85. The number of hydrogen-bond acceptors (Lipinski definition) is 4. The number of pyridine rings is 1. The molecule has 0 radical (unpaired) electrons. The largest absolute Gasteiger partial charge is 0.374 e. The van der Waals surface area contributed by atoms with Gasteiger partial charge < -0.3 is 10.1 Å². The van der Waals surface area contributed by atoms with Crippen molar-refractivity contribution in [3.8, 4) is 0 Å². The van der Waals surface area contributed by atoms with Crippen LogP contribution in [-0.2, 0) is 4.74 Å². The zero-order valence-electron chi connectivity index (χ0n) is 12.2. The van der Waals surface area contributed by atoms with E-state index >= 15 is 0 Å². The van der Waals surface area contributed by atoms with Gasteiger partial charge in [-0.25, -0.2) is 0 Å². The van der Waals surface area contributed by atoms with Gasteiger partial charge in [-0.05, 0) is 31.6 Å². The molecule has 0 saturated carbocycles. The van der Waals surface area contributed by atoms with E-state index in [-0.39, 0.29) is 12.1 Å². The van der Waals surface area contributed by atoms with E-state index in [4.69, 9.17) is 4.74 Å². The van der Waals surface area contributed by atoms with Crippen molar-refractivity contribution in [1.82, 2.24) is 15.2 Å². The lowest BCUT2D eigenvalue weighted by Gasteiger charge is -2.37. The van der Waals surface area contributed by atoms with E-state index in [1.807, 2.05) is 13.1 Å². The molecule has 2 heterocycles. The Morgan fingerprint density at radius 3 is 2.95 bits per heavy atom. The van der Waals surface area contributed by atoms with Crippen LogP contribution in [0.1, 0.15) is 31.1 Å². The average Bonchev–Trinajstić information content (AvgIpc) is 2.46. The zero-order chi connectivity index (χ0) is 13.7. The molecule has 1 aliphatic rings. The molecule has 0 amide bonds. The van der Waals surface area contributed by atoms with Crippen LogP contribution in [0.15, 0.2) is 18.3 Å². The van der Waals surface area contributed by atoms with E-state index in [1.165, 1.54) is 5.56 Å². The van der Waals surface area contributed by atoms with Crippen LogP contribution in [0.2, 0.25) is 0 Å². The lowest BCUT2D eigenvalue weighted by molar-refractivity contribution is -0.0454. The first-order valence-electron chi connectivity index (χ1n) is 7.24. The molecule has 2 unspecified atom stereocenters. The molecule has 106 valence electrons. The molecule has 1 N–H and O–H groups in total. The summed E-state index contributed by atoms with van der Waals surface area (Å²) >= 11 is 0. The Hall–Kier alpha value is -0.970. The first kappa shape index (κ1) is 14.4. The summed E-state index contributed by atoms with van der Waals surface area (Å²) in [5, 5.41) is 3.54. The number of nitrogens with zero attached hydrogens (tertiary/aromatic N) is 2. The van der Waals surface area contributed by atoms with Crippen molar-refractivity contribution < 1.29 is 4.74 Å². The van der Waals surface area contributed by atoms with Crippen LogP contribution >= 0.6 is 0 Å². The highest BCUT2D eigenvalue weighted by atomic mass is 16.5. The van der Waals surface area contributed by atoms with Crippen LogP contribution in [-0.4, -0.2) is 48.8 Å². The molecule has 0 aliphatic carbocycles. The minimum absolute atomic E-state index is 0.207. The Balaban J connectivity index is 2.12. The molecule has 19 heavy (non-hydrogen) atoms. The minimum atomic E-state index is 0.207. The number of ether oxygens (including phenoxy) is 1. The third-order valence-corrected chi connectivity index (χ3v) is 3.71. The summed E-state index contributed by atoms with van der Waals surface area (Å²) in [5.74, 6) is 0. The van der Waals surface area contributed by atoms with Crippen LogP contribution in [0, 0.1) is 6.92 Å². The summed E-state index contributed by atoms with van der Waals surface area (Å²) < 4.78 is 5.98. The van der Waals surface area contributed by atoms with Crippen molar-refractivity contribution in [2.24, 2.45) is 0 Å². The molecule has 1 aromatic heterocycles. The molecule has 1 saturated heterocycles. The third-order valence-electron chi connectivity index (χ3n) is 3.71. The molecule has 4 nitrogen and oxygen atoms in total. The van der Waals surface area contributed by atoms with Crippen LogP contribution in [0.5, 0.6) is 0 Å². The Bertz CT molecular complexity index is 379. The van der Waals surface area contributed by atoms with Gasteiger partial charge in [-0.1, -0.05) is 19.9 Å². The molecule has 0 bridgehead atoms. The van der Waals surface area contributed by atoms with Gasteiger partial charge >= 0.3 is 0 Å². The number of likely N-dealkylation sites (N-methyl/N-ethyl adjacent to an activating group) is 2. The van der Waals surface area contributed by atoms with E-state index in [9.17, 15) is 0 Å². The van der Waals surface area contributed by atoms with Gasteiger partial charge in [0.15, 0.2) is 0 Å². The summed E-state index contributed by atoms with van der Waals surface area (Å²) in [6.07, 6.45) is 2.18. The van der Waals surface area contributed by atoms with E-state index < -0.39 is 0 Å². The van der Waals surface area contributed by atoms with Crippen molar-refractivity contribution in [1.29, 1.82) is 0 Å². The standard InChI is InChI=1S/C15H25N3O/c1-4-16-15(13-7-6-12(3)17-10-13)14-11-18(5-2)8-9-19-14/h6-7,10,14-16H,4-5,8-9,11H2,1-3H3. The van der Waals surface area contributed by atoms with Gasteiger partial charge in [0.1, 0.15) is 0 Å². The average molecular weight is 263 g/mol. The van der Waals surface area contributed by atoms with Gasteiger partial charge in [-0.3, -0.25) is 9.88 Å². The molecular formula is C15H25N3O. The fraction of sp³-hybridized carbons (Fsp3) is 0.667. The molecule has 0 aromatic carbocycles. The van der Waals surface area contributed by atoms with E-state index in [0.29, 0.717) is 0 Å². The molecule has 2 rings (SSSR count). The predicted molar refractivity (Wildman–Crippen MR) is 77.2 cm³/mol. The third kappa shape index (κ3) is 3.75. The van der Waals surface area contributed by atoms with Crippen LogP contribution in [0.25, 0.3) is 0 Å². The first-order chi connectivity index (χ1) is 9.24. The molecule has 1 aliphatic heterocycles. The van der Waals surface area contributed by atoms with Crippen molar-refractivity contribution in [2.45, 2.75) is 32.9 Å². The van der Waals surface area contributed by atoms with Gasteiger partial charge in [0.25, 0.3) is 0 Å². The van der Waals surface area contributed by atoms with Gasteiger partial charge in [0, 0.05) is 25.0 Å². The smallest absolute Gasteiger partial charge is 0.0897 e. The molecule has 2 atom stereocenters. The molecule has 1 fully saturated rings. The Kier molecular flexibility index (Phi) is 5.31. The fourth-order valence-electron chi connectivity index (χ4n) is 2.57. The second-order valence-corrected chi connectivity index (χ2v) is 5.07. The normalized spacial score (nSPS) is 22.4. The molecule has 1 aromatic rings. The number of rotatable bonds is 5. The molecular weight excluding hydrogens is 238 g/mol. The predicted octanol–water partition coefficient (Wildman–Crippen LogP) is 1.76. The Morgan fingerprint density at radius 2 is 2.32 bits per heavy atom. The molecule has 4 heteroatoms. The molecule has 0 spiro atoms. The Morgan fingerprint density at radius 1 is 1.47 bits per heavy atom. The van der Waals surface area contributed by atoms with Crippen molar-refractivity contribution in [3.63, 3.8) is 0 Å². The number of hydrogen-bond donors (Lipinski definition) is 1. The second-order valence-electron chi connectivity index (χ2n) is 5.07. The minimum Gasteiger partial charge on any atom is -0.374 e. The summed E-state index contributed by atoms with van der Waals surface area (Å²) in [6, 6.07) is 4.46. The van der Waals surface area contributed by atoms with Crippen LogP contribution in [0.4, 0.5) is 0 Å². The monoisotopic (exact) mass is 263 g/mol. The maximum atomic E-state index is 5.98. The van der Waals surface area contributed by atoms with Crippen molar-refractivity contribution in [2.75, 3.05) is 32.8 Å². The highest BCUT2D eigenvalue weighted by molar-refractivity contribution is 5.19. The fourth-order valence-corrected chi connectivity index (χ4v) is 2.57. The number of morpholine rings is 1. The second kappa shape index (κ2) is 6.98. The maximum Gasteiger partial charge on any atom is 0.0897 e. The maximum absolute atomic E-state index is 5.98. The van der Waals surface area contributed by atoms with Gasteiger partial charge in [0.05, 0.1) is 18.8 Å². The van der Waals surface area contributed by atoms with E-state index in [1.54, 1.807) is 0 Å². The lowest BCUT2D eigenvalue weighted by Crippen LogP contribution is -2.48. The van der Waals surface area contributed by atoms with Gasteiger partial charge in [-0.15, -0.1) is 0 Å². The van der Waals surface area contributed by atoms with Gasteiger partial charge in [0.2, 0.25) is 0 Å². The SMILES string of the molecule is CCNC(c1ccc(C)nc1)C1CN(CC)CCO1. The summed E-state index contributed by atoms with van der Waals surface area (Å²) in [7, 11) is 0. The lowest BCUT2D eigenvalue weighted by atomic mass is 10.0. The van der Waals surface area contributed by atoms with E-state index in [0.717, 1.165) is 38.5 Å². The number of aryl methyl sites for hydroxylation is 1. The van der Waals surface area contributed by atoms with Crippen molar-refractivity contribution >= 4 is 0 Å². The first-order valence-corrected chi connectivity index (χ1v) is 7.24. The highest BCUT2D eigenvalue weighted by Crippen LogP contribution is 2.22. The van der Waals surface area contributed by atoms with Crippen LogP contribution in [0.3, 0.4) is 0 Å². The summed E-state index contributed by atoms with van der Waals surface area (Å²) in [6.45, 7) is 11.2. The zero-order valence-corrected chi connectivity index (χ0v) is 12.2.